The number of unbranched alkanes of at least 4 members (excludes halogenated alkanes) is 28. The molecule has 63 heavy (non-hydrogen) atoms. The molecule has 0 aliphatic heterocycles. The molecule has 0 fully saturated rings. The second kappa shape index (κ2) is 49.4. The fourth-order valence-electron chi connectivity index (χ4n) is 7.39. The first-order valence-corrected chi connectivity index (χ1v) is 27.6. The Kier molecular flexibility index (Phi) is 47.8. The van der Waals surface area contributed by atoms with Crippen LogP contribution in [-0.4, -0.2) is 49.3 Å². The SMILES string of the molecule is CC/C=C\C/C=C\C/C=C\C/C=C\CCCCCCCCCCCCCCCCCCCCCCCCCCC(=O)OC(COC(=O)CCCCCCC)COP(=O)(O)OCCN. The van der Waals surface area contributed by atoms with Gasteiger partial charge in [-0.25, -0.2) is 4.57 Å². The van der Waals surface area contributed by atoms with E-state index in [4.69, 9.17) is 24.3 Å². The van der Waals surface area contributed by atoms with Gasteiger partial charge in [-0.1, -0.05) is 229 Å². The van der Waals surface area contributed by atoms with E-state index in [0.717, 1.165) is 70.6 Å². The van der Waals surface area contributed by atoms with Gasteiger partial charge < -0.3 is 20.1 Å². The van der Waals surface area contributed by atoms with E-state index in [2.05, 4.69) is 62.5 Å². The first-order chi connectivity index (χ1) is 30.8. The van der Waals surface area contributed by atoms with Gasteiger partial charge in [0.15, 0.2) is 6.10 Å². The third kappa shape index (κ3) is 49.2. The summed E-state index contributed by atoms with van der Waals surface area (Å²) in [5.41, 5.74) is 5.33. The molecule has 0 spiro atoms. The molecule has 10 heteroatoms. The van der Waals surface area contributed by atoms with Crippen LogP contribution in [0.3, 0.4) is 0 Å². The van der Waals surface area contributed by atoms with Crippen LogP contribution < -0.4 is 5.73 Å². The monoisotopic (exact) mass is 908 g/mol. The van der Waals surface area contributed by atoms with Crippen molar-refractivity contribution in [1.82, 2.24) is 0 Å². The Balaban J connectivity index is 3.65. The van der Waals surface area contributed by atoms with Crippen LogP contribution >= 0.6 is 7.82 Å². The van der Waals surface area contributed by atoms with Crippen molar-refractivity contribution in [3.8, 4) is 0 Å². The summed E-state index contributed by atoms with van der Waals surface area (Å²) in [6, 6.07) is 0. The molecule has 368 valence electrons. The van der Waals surface area contributed by atoms with Gasteiger partial charge in [0.2, 0.25) is 0 Å². The largest absolute Gasteiger partial charge is 0.472 e. The van der Waals surface area contributed by atoms with Crippen LogP contribution in [-0.2, 0) is 32.7 Å². The number of carbonyl (C=O) groups excluding carboxylic acids is 2. The molecule has 0 rings (SSSR count). The molecule has 3 N–H and O–H groups in total. The number of hydrogen-bond acceptors (Lipinski definition) is 8. The van der Waals surface area contributed by atoms with Gasteiger partial charge in [-0.15, -0.1) is 0 Å². The maximum Gasteiger partial charge on any atom is 0.472 e. The Bertz CT molecular complexity index is 1170. The number of carbonyl (C=O) groups is 2. The molecule has 0 amide bonds. The standard InChI is InChI=1S/C53H98NO8P/c1-3-5-7-9-10-11-12-13-14-15-16-17-18-19-20-21-22-23-24-25-26-27-28-29-30-31-32-33-34-35-36-37-38-39-40-42-44-46-53(56)62-51(50-61-63(57,58)60-48-47-54)49-59-52(55)45-43-41-8-6-4-2/h5,7,10-11,13-14,16-17,51H,3-4,6,8-9,12,15,18-50,54H2,1-2H3,(H,57,58)/b7-5-,11-10-,14-13-,17-16-. The van der Waals surface area contributed by atoms with E-state index in [9.17, 15) is 19.0 Å². The number of allylic oxidation sites excluding steroid dienone is 8. The van der Waals surface area contributed by atoms with Crippen LogP contribution in [0.25, 0.3) is 0 Å². The van der Waals surface area contributed by atoms with Crippen molar-refractivity contribution in [3.05, 3.63) is 48.6 Å². The number of phosphoric ester groups is 1. The van der Waals surface area contributed by atoms with Gasteiger partial charge >= 0.3 is 19.8 Å². The zero-order valence-electron chi connectivity index (χ0n) is 40.8. The van der Waals surface area contributed by atoms with Crippen LogP contribution in [0.4, 0.5) is 0 Å². The van der Waals surface area contributed by atoms with Crippen LogP contribution in [0.1, 0.15) is 245 Å². The van der Waals surface area contributed by atoms with E-state index in [0.29, 0.717) is 6.42 Å². The molecule has 0 aromatic carbocycles. The van der Waals surface area contributed by atoms with Gasteiger partial charge in [0.25, 0.3) is 0 Å². The van der Waals surface area contributed by atoms with Gasteiger partial charge in [0.05, 0.1) is 13.2 Å². The summed E-state index contributed by atoms with van der Waals surface area (Å²) in [7, 11) is -4.36. The molecule has 0 bridgehead atoms. The zero-order valence-corrected chi connectivity index (χ0v) is 41.7. The lowest BCUT2D eigenvalue weighted by Crippen LogP contribution is -2.29. The summed E-state index contributed by atoms with van der Waals surface area (Å²) in [6.07, 6.45) is 59.6. The molecular formula is C53H98NO8P. The highest BCUT2D eigenvalue weighted by Gasteiger charge is 2.26. The average molecular weight is 908 g/mol. The Labute approximate surface area is 387 Å². The number of phosphoric acid groups is 1. The van der Waals surface area contributed by atoms with Crippen LogP contribution in [0.5, 0.6) is 0 Å². The lowest BCUT2D eigenvalue weighted by molar-refractivity contribution is -0.161. The van der Waals surface area contributed by atoms with E-state index in [-0.39, 0.29) is 32.6 Å². The van der Waals surface area contributed by atoms with E-state index < -0.39 is 32.5 Å². The van der Waals surface area contributed by atoms with Crippen molar-refractivity contribution < 1.29 is 37.6 Å². The molecule has 2 unspecified atom stereocenters. The van der Waals surface area contributed by atoms with Crippen molar-refractivity contribution in [2.45, 2.75) is 251 Å². The maximum absolute atomic E-state index is 12.6. The molecule has 0 heterocycles. The molecule has 9 nitrogen and oxygen atoms in total. The number of hydrogen-bond donors (Lipinski definition) is 2. The van der Waals surface area contributed by atoms with Crippen molar-refractivity contribution in [3.63, 3.8) is 0 Å². The minimum atomic E-state index is -4.36. The Morgan fingerprint density at radius 3 is 1.30 bits per heavy atom. The number of rotatable bonds is 49. The maximum atomic E-state index is 12.6. The molecule has 0 aliphatic rings. The summed E-state index contributed by atoms with van der Waals surface area (Å²) >= 11 is 0. The third-order valence-electron chi connectivity index (χ3n) is 11.2. The predicted molar refractivity (Wildman–Crippen MR) is 266 cm³/mol. The number of ether oxygens (including phenoxy) is 2. The summed E-state index contributed by atoms with van der Waals surface area (Å²) in [5, 5.41) is 0. The fraction of sp³-hybridized carbons (Fsp3) is 0.811. The second-order valence-corrected chi connectivity index (χ2v) is 18.8. The molecule has 0 aromatic rings. The molecule has 0 saturated heterocycles. The highest BCUT2D eigenvalue weighted by molar-refractivity contribution is 7.47. The Hall–Kier alpha value is -2.03. The lowest BCUT2D eigenvalue weighted by atomic mass is 10.0. The minimum absolute atomic E-state index is 0.0551. The first kappa shape index (κ1) is 61.0. The van der Waals surface area contributed by atoms with Gasteiger partial charge in [0, 0.05) is 19.4 Å². The van der Waals surface area contributed by atoms with E-state index in [1.807, 2.05) is 0 Å². The molecule has 0 aromatic heterocycles. The van der Waals surface area contributed by atoms with E-state index in [1.54, 1.807) is 0 Å². The van der Waals surface area contributed by atoms with Crippen molar-refractivity contribution in [1.29, 1.82) is 0 Å². The normalized spacial score (nSPS) is 13.5. The van der Waals surface area contributed by atoms with Gasteiger partial charge in [-0.2, -0.15) is 0 Å². The van der Waals surface area contributed by atoms with Gasteiger partial charge in [-0.3, -0.25) is 18.6 Å². The molecule has 0 radical (unpaired) electrons. The van der Waals surface area contributed by atoms with E-state index >= 15 is 0 Å². The summed E-state index contributed by atoms with van der Waals surface area (Å²) < 4.78 is 32.6. The average Bonchev–Trinajstić information content (AvgIpc) is 3.27. The fourth-order valence-corrected chi connectivity index (χ4v) is 8.16. The van der Waals surface area contributed by atoms with Crippen molar-refractivity contribution >= 4 is 19.8 Å². The Morgan fingerprint density at radius 2 is 0.873 bits per heavy atom. The summed E-state index contributed by atoms with van der Waals surface area (Å²) in [4.78, 5) is 34.6. The van der Waals surface area contributed by atoms with Crippen molar-refractivity contribution in [2.24, 2.45) is 5.73 Å². The highest BCUT2D eigenvalue weighted by Crippen LogP contribution is 2.43. The topological polar surface area (TPSA) is 134 Å². The third-order valence-corrected chi connectivity index (χ3v) is 12.2. The van der Waals surface area contributed by atoms with Crippen molar-refractivity contribution in [2.75, 3.05) is 26.4 Å². The summed E-state index contributed by atoms with van der Waals surface area (Å²) in [6.45, 7) is 3.54. The van der Waals surface area contributed by atoms with Gasteiger partial charge in [-0.05, 0) is 51.4 Å². The minimum Gasteiger partial charge on any atom is -0.462 e. The molecule has 2 atom stereocenters. The van der Waals surface area contributed by atoms with Crippen LogP contribution in [0.15, 0.2) is 48.6 Å². The number of nitrogens with two attached hydrogens (primary N) is 1. The second-order valence-electron chi connectivity index (χ2n) is 17.4. The van der Waals surface area contributed by atoms with E-state index in [1.165, 1.54) is 141 Å². The lowest BCUT2D eigenvalue weighted by Gasteiger charge is -2.19. The molecule has 0 saturated carbocycles. The zero-order chi connectivity index (χ0) is 46.0. The number of esters is 2. The predicted octanol–water partition coefficient (Wildman–Crippen LogP) is 15.8. The quantitative estimate of drug-likeness (QED) is 0.0265. The van der Waals surface area contributed by atoms with Crippen LogP contribution in [0.2, 0.25) is 0 Å². The highest BCUT2D eigenvalue weighted by atomic mass is 31.2. The first-order valence-electron chi connectivity index (χ1n) is 26.1. The Morgan fingerprint density at radius 1 is 0.492 bits per heavy atom. The smallest absolute Gasteiger partial charge is 0.462 e. The molecule has 0 aliphatic carbocycles. The van der Waals surface area contributed by atoms with Gasteiger partial charge in [0.1, 0.15) is 6.61 Å². The molecular weight excluding hydrogens is 810 g/mol. The van der Waals surface area contributed by atoms with Crippen LogP contribution in [0, 0.1) is 0 Å². The summed E-state index contributed by atoms with van der Waals surface area (Å²) in [5.74, 6) is -0.833.